The lowest BCUT2D eigenvalue weighted by Crippen LogP contribution is -2.19. The third kappa shape index (κ3) is 3.23. The minimum absolute atomic E-state index is 0.857. The molecule has 0 radical (unpaired) electrons. The zero-order valence-electron chi connectivity index (χ0n) is 11.4. The highest BCUT2D eigenvalue weighted by Gasteiger charge is 2.13. The van der Waals surface area contributed by atoms with Gasteiger partial charge in [-0.3, -0.25) is 4.68 Å². The van der Waals surface area contributed by atoms with E-state index in [1.807, 2.05) is 16.9 Å². The largest absolute Gasteiger partial charge is 0.370 e. The van der Waals surface area contributed by atoms with Crippen LogP contribution in [0.5, 0.6) is 0 Å². The first-order chi connectivity index (χ1) is 9.92. The van der Waals surface area contributed by atoms with Crippen LogP contribution in [0.4, 0.5) is 11.6 Å². The Morgan fingerprint density at radius 1 is 1.20 bits per heavy atom. The van der Waals surface area contributed by atoms with E-state index >= 15 is 0 Å². The third-order valence-corrected chi connectivity index (χ3v) is 3.42. The Balaban J connectivity index is 1.48. The molecule has 0 amide bonds. The van der Waals surface area contributed by atoms with Gasteiger partial charge in [-0.1, -0.05) is 5.21 Å². The molecule has 1 N–H and O–H groups in total. The van der Waals surface area contributed by atoms with Crippen LogP contribution in [0.2, 0.25) is 0 Å². The van der Waals surface area contributed by atoms with Crippen LogP contribution in [0.3, 0.4) is 0 Å². The van der Waals surface area contributed by atoms with Crippen LogP contribution < -0.4 is 10.2 Å². The molecule has 2 aromatic rings. The minimum atomic E-state index is 0.857. The maximum absolute atomic E-state index is 4.34. The second-order valence-electron chi connectivity index (χ2n) is 4.90. The Kier molecular flexibility index (Phi) is 4.05. The number of aromatic nitrogens is 5. The molecule has 0 atom stereocenters. The van der Waals surface area contributed by atoms with Gasteiger partial charge in [-0.15, -0.1) is 5.10 Å². The van der Waals surface area contributed by atoms with Gasteiger partial charge in [0, 0.05) is 38.4 Å². The van der Waals surface area contributed by atoms with Gasteiger partial charge in [-0.05, 0) is 19.3 Å². The summed E-state index contributed by atoms with van der Waals surface area (Å²) in [7, 11) is 0. The molecule has 0 saturated carbocycles. The van der Waals surface area contributed by atoms with Crippen LogP contribution in [-0.2, 0) is 6.54 Å². The molecule has 7 heteroatoms. The molecule has 1 saturated heterocycles. The molecule has 0 bridgehead atoms. The van der Waals surface area contributed by atoms with Gasteiger partial charge in [0.15, 0.2) is 0 Å². The van der Waals surface area contributed by atoms with Gasteiger partial charge >= 0.3 is 0 Å². The van der Waals surface area contributed by atoms with E-state index < -0.39 is 0 Å². The van der Waals surface area contributed by atoms with Crippen LogP contribution in [0, 0.1) is 0 Å². The standard InChI is InChI=1S/C13H19N7/c1-2-7-19(6-1)13-10-12(15-11-16-13)14-4-3-8-20-9-5-17-18-20/h5,9-11H,1-4,6-8H2,(H,14,15,16). The van der Waals surface area contributed by atoms with Crippen molar-refractivity contribution in [1.82, 2.24) is 25.0 Å². The van der Waals surface area contributed by atoms with Crippen molar-refractivity contribution >= 4 is 11.6 Å². The highest BCUT2D eigenvalue weighted by molar-refractivity contribution is 5.48. The summed E-state index contributed by atoms with van der Waals surface area (Å²) in [6.45, 7) is 3.92. The van der Waals surface area contributed by atoms with Gasteiger partial charge in [0.2, 0.25) is 0 Å². The van der Waals surface area contributed by atoms with E-state index in [2.05, 4.69) is 30.5 Å². The summed E-state index contributed by atoms with van der Waals surface area (Å²) >= 11 is 0. The van der Waals surface area contributed by atoms with Crippen molar-refractivity contribution in [2.24, 2.45) is 0 Å². The molecule has 3 heterocycles. The highest BCUT2D eigenvalue weighted by Crippen LogP contribution is 2.19. The van der Waals surface area contributed by atoms with E-state index in [4.69, 9.17) is 0 Å². The van der Waals surface area contributed by atoms with Gasteiger partial charge in [-0.25, -0.2) is 9.97 Å². The van der Waals surface area contributed by atoms with Crippen molar-refractivity contribution in [2.45, 2.75) is 25.8 Å². The SMILES string of the molecule is c1cn(CCCNc2cc(N3CCCC3)ncn2)nn1. The van der Waals surface area contributed by atoms with Crippen molar-refractivity contribution in [2.75, 3.05) is 29.9 Å². The van der Waals surface area contributed by atoms with Crippen LogP contribution in [0.1, 0.15) is 19.3 Å². The second-order valence-corrected chi connectivity index (χ2v) is 4.90. The zero-order valence-corrected chi connectivity index (χ0v) is 11.4. The third-order valence-electron chi connectivity index (χ3n) is 3.42. The van der Waals surface area contributed by atoms with Crippen LogP contribution in [0.25, 0.3) is 0 Å². The number of hydrogen-bond acceptors (Lipinski definition) is 6. The average molecular weight is 273 g/mol. The predicted molar refractivity (Wildman–Crippen MR) is 76.6 cm³/mol. The first-order valence-corrected chi connectivity index (χ1v) is 7.07. The van der Waals surface area contributed by atoms with Gasteiger partial charge < -0.3 is 10.2 Å². The minimum Gasteiger partial charge on any atom is -0.370 e. The fourth-order valence-corrected chi connectivity index (χ4v) is 2.37. The molecule has 0 spiro atoms. The molecular weight excluding hydrogens is 254 g/mol. The lowest BCUT2D eigenvalue weighted by Gasteiger charge is -2.16. The summed E-state index contributed by atoms with van der Waals surface area (Å²) in [5.74, 6) is 1.91. The fourth-order valence-electron chi connectivity index (χ4n) is 2.37. The molecule has 7 nitrogen and oxygen atoms in total. The van der Waals surface area contributed by atoms with Crippen molar-refractivity contribution in [3.63, 3.8) is 0 Å². The summed E-state index contributed by atoms with van der Waals surface area (Å²) in [4.78, 5) is 10.9. The molecule has 106 valence electrons. The lowest BCUT2D eigenvalue weighted by atomic mass is 10.4. The smallest absolute Gasteiger partial charge is 0.134 e. The molecule has 3 rings (SSSR count). The van der Waals surface area contributed by atoms with Crippen LogP contribution in [-0.4, -0.2) is 44.6 Å². The number of hydrogen-bond donors (Lipinski definition) is 1. The van der Waals surface area contributed by atoms with E-state index in [-0.39, 0.29) is 0 Å². The number of nitrogens with zero attached hydrogens (tertiary/aromatic N) is 6. The topological polar surface area (TPSA) is 71.8 Å². The van der Waals surface area contributed by atoms with E-state index in [0.717, 1.165) is 44.2 Å². The second kappa shape index (κ2) is 6.31. The molecule has 1 aliphatic heterocycles. The fraction of sp³-hybridized carbons (Fsp3) is 0.538. The first-order valence-electron chi connectivity index (χ1n) is 7.07. The van der Waals surface area contributed by atoms with Gasteiger partial charge in [0.05, 0.1) is 6.20 Å². The summed E-state index contributed by atoms with van der Waals surface area (Å²) < 4.78 is 1.83. The van der Waals surface area contributed by atoms with E-state index in [1.165, 1.54) is 12.8 Å². The predicted octanol–water partition coefficient (Wildman–Crippen LogP) is 1.17. The van der Waals surface area contributed by atoms with E-state index in [0.29, 0.717) is 0 Å². The molecule has 20 heavy (non-hydrogen) atoms. The molecule has 0 unspecified atom stereocenters. The summed E-state index contributed by atoms with van der Waals surface area (Å²) in [6.07, 6.45) is 8.69. The Labute approximate surface area is 118 Å². The molecular formula is C13H19N7. The Morgan fingerprint density at radius 3 is 2.90 bits per heavy atom. The zero-order chi connectivity index (χ0) is 13.6. The molecule has 0 aliphatic carbocycles. The number of rotatable bonds is 6. The number of anilines is 2. The van der Waals surface area contributed by atoms with Gasteiger partial charge in [-0.2, -0.15) is 0 Å². The Hall–Kier alpha value is -2.18. The van der Waals surface area contributed by atoms with Crippen LogP contribution >= 0.6 is 0 Å². The summed E-state index contributed by atoms with van der Waals surface area (Å²) in [5, 5.41) is 11.0. The average Bonchev–Trinajstić information content (AvgIpc) is 3.17. The lowest BCUT2D eigenvalue weighted by molar-refractivity contribution is 0.569. The van der Waals surface area contributed by atoms with E-state index in [9.17, 15) is 0 Å². The summed E-state index contributed by atoms with van der Waals surface area (Å²) in [6, 6.07) is 2.03. The van der Waals surface area contributed by atoms with Gasteiger partial charge in [0.1, 0.15) is 18.0 Å². The van der Waals surface area contributed by atoms with Crippen molar-refractivity contribution in [3.05, 3.63) is 24.8 Å². The first kappa shape index (κ1) is 12.8. The van der Waals surface area contributed by atoms with Crippen molar-refractivity contribution in [1.29, 1.82) is 0 Å². The number of aryl methyl sites for hydroxylation is 1. The van der Waals surface area contributed by atoms with Crippen LogP contribution in [0.15, 0.2) is 24.8 Å². The van der Waals surface area contributed by atoms with Crippen molar-refractivity contribution in [3.8, 4) is 0 Å². The normalized spacial score (nSPS) is 14.7. The van der Waals surface area contributed by atoms with Crippen molar-refractivity contribution < 1.29 is 0 Å². The quantitative estimate of drug-likeness (QED) is 0.797. The Bertz CT molecular complexity index is 519. The number of nitrogens with one attached hydrogen (secondary N) is 1. The monoisotopic (exact) mass is 273 g/mol. The Morgan fingerprint density at radius 2 is 2.10 bits per heavy atom. The molecule has 2 aromatic heterocycles. The molecule has 1 fully saturated rings. The summed E-state index contributed by atoms with van der Waals surface area (Å²) in [5.41, 5.74) is 0. The maximum atomic E-state index is 4.34. The molecule has 0 aromatic carbocycles. The highest BCUT2D eigenvalue weighted by atomic mass is 15.4. The maximum Gasteiger partial charge on any atom is 0.134 e. The van der Waals surface area contributed by atoms with Gasteiger partial charge in [0.25, 0.3) is 0 Å². The van der Waals surface area contributed by atoms with E-state index in [1.54, 1.807) is 12.5 Å². The molecule has 1 aliphatic rings.